The Morgan fingerprint density at radius 2 is 1.68 bits per heavy atom. The molecule has 0 atom stereocenters. The summed E-state index contributed by atoms with van der Waals surface area (Å²) in [5.74, 6) is -1.70. The lowest BCUT2D eigenvalue weighted by Gasteiger charge is -2.17. The number of pyridine rings is 1. The molecule has 0 unspecified atom stereocenters. The number of fused-ring (bicyclic) bond motifs is 1. The summed E-state index contributed by atoms with van der Waals surface area (Å²) < 4.78 is 86.8. The van der Waals surface area contributed by atoms with Gasteiger partial charge in [0.1, 0.15) is 11.5 Å². The molecule has 11 heteroatoms. The first-order valence-electron chi connectivity index (χ1n) is 7.93. The number of rotatable bonds is 4. The van der Waals surface area contributed by atoms with Gasteiger partial charge in [0, 0.05) is 23.4 Å². The van der Waals surface area contributed by atoms with Crippen LogP contribution in [0.4, 0.5) is 26.3 Å². The van der Waals surface area contributed by atoms with E-state index in [1.807, 2.05) is 0 Å². The fourth-order valence-corrected chi connectivity index (χ4v) is 2.53. The summed E-state index contributed by atoms with van der Waals surface area (Å²) in [6, 6.07) is 6.15. The average Bonchev–Trinajstić information content (AvgIpc) is 2.96. The van der Waals surface area contributed by atoms with Gasteiger partial charge in [-0.1, -0.05) is 0 Å². The first-order valence-corrected chi connectivity index (χ1v) is 7.93. The van der Waals surface area contributed by atoms with Crippen molar-refractivity contribution in [3.05, 3.63) is 42.4 Å². The maximum absolute atomic E-state index is 13.1. The molecule has 1 aromatic carbocycles. The van der Waals surface area contributed by atoms with E-state index >= 15 is 0 Å². The van der Waals surface area contributed by atoms with Crippen molar-refractivity contribution in [1.29, 1.82) is 0 Å². The molecule has 0 saturated heterocycles. The molecule has 0 amide bonds. The number of hydrogen-bond acceptors (Lipinski definition) is 4. The Kier molecular flexibility index (Phi) is 4.86. The predicted octanol–water partition coefficient (Wildman–Crippen LogP) is 5.10. The van der Waals surface area contributed by atoms with Crippen LogP contribution in [0.25, 0.3) is 16.8 Å². The van der Waals surface area contributed by atoms with Gasteiger partial charge in [-0.2, -0.15) is 13.2 Å². The van der Waals surface area contributed by atoms with E-state index in [0.717, 1.165) is 22.7 Å². The van der Waals surface area contributed by atoms with E-state index < -0.39 is 30.2 Å². The Bertz CT molecular complexity index is 995. The van der Waals surface area contributed by atoms with Gasteiger partial charge in [0.15, 0.2) is 5.65 Å². The zero-order valence-corrected chi connectivity index (χ0v) is 14.5. The van der Waals surface area contributed by atoms with E-state index in [4.69, 9.17) is 4.74 Å². The van der Waals surface area contributed by atoms with Gasteiger partial charge in [0.2, 0.25) is 5.82 Å². The molecule has 0 aliphatic rings. The first kappa shape index (κ1) is 19.8. The minimum atomic E-state index is -4.89. The molecule has 2 heterocycles. The van der Waals surface area contributed by atoms with E-state index in [9.17, 15) is 26.3 Å². The fourth-order valence-electron chi connectivity index (χ4n) is 2.53. The van der Waals surface area contributed by atoms with Gasteiger partial charge in [-0.15, -0.1) is 23.4 Å². The van der Waals surface area contributed by atoms with Gasteiger partial charge < -0.3 is 9.47 Å². The molecular formula is C17H13F6N3O2. The average molecular weight is 405 g/mol. The third kappa shape index (κ3) is 4.29. The molecule has 28 heavy (non-hydrogen) atoms. The summed E-state index contributed by atoms with van der Waals surface area (Å²) in [4.78, 5) is 0. The normalized spacial score (nSPS) is 12.6. The van der Waals surface area contributed by atoms with Crippen molar-refractivity contribution in [2.75, 3.05) is 0 Å². The lowest BCUT2D eigenvalue weighted by atomic mass is 10.1. The number of alkyl halides is 6. The van der Waals surface area contributed by atoms with Gasteiger partial charge in [0.05, 0.1) is 6.10 Å². The summed E-state index contributed by atoms with van der Waals surface area (Å²) in [5.41, 5.74) is 0.526. The van der Waals surface area contributed by atoms with Gasteiger partial charge >= 0.3 is 12.5 Å². The number of nitrogens with zero attached hydrogens (tertiary/aromatic N) is 3. The van der Waals surface area contributed by atoms with Crippen LogP contribution >= 0.6 is 0 Å². The van der Waals surface area contributed by atoms with Gasteiger partial charge in [-0.05, 0) is 38.1 Å². The van der Waals surface area contributed by atoms with E-state index in [1.165, 1.54) is 18.2 Å². The maximum atomic E-state index is 13.1. The molecule has 5 nitrogen and oxygen atoms in total. The minimum Gasteiger partial charge on any atom is -0.490 e. The van der Waals surface area contributed by atoms with Crippen LogP contribution in [0.2, 0.25) is 0 Å². The molecular weight excluding hydrogens is 392 g/mol. The number of hydrogen-bond donors (Lipinski definition) is 0. The van der Waals surface area contributed by atoms with Crippen LogP contribution in [0.5, 0.6) is 11.5 Å². The van der Waals surface area contributed by atoms with E-state index in [-0.39, 0.29) is 22.5 Å². The SMILES string of the molecule is CC(C)Oc1cc(OC(F)(F)F)ccc1-c1ccc2nnc(C(F)(F)F)n2c1. The molecule has 2 aromatic heterocycles. The molecule has 0 radical (unpaired) electrons. The van der Waals surface area contributed by atoms with Crippen molar-refractivity contribution in [3.63, 3.8) is 0 Å². The highest BCUT2D eigenvalue weighted by Gasteiger charge is 2.37. The quantitative estimate of drug-likeness (QED) is 0.567. The van der Waals surface area contributed by atoms with Crippen LogP contribution in [0.3, 0.4) is 0 Å². The third-order valence-electron chi connectivity index (χ3n) is 3.52. The summed E-state index contributed by atoms with van der Waals surface area (Å²) >= 11 is 0. The van der Waals surface area contributed by atoms with E-state index in [0.29, 0.717) is 0 Å². The summed E-state index contributed by atoms with van der Waals surface area (Å²) in [6.07, 6.45) is -8.87. The lowest BCUT2D eigenvalue weighted by molar-refractivity contribution is -0.274. The van der Waals surface area contributed by atoms with Crippen molar-refractivity contribution >= 4 is 5.65 Å². The second-order valence-corrected chi connectivity index (χ2v) is 6.04. The molecule has 3 rings (SSSR count). The Labute approximate surface area is 154 Å². The Balaban J connectivity index is 2.11. The summed E-state index contributed by atoms with van der Waals surface area (Å²) in [7, 11) is 0. The van der Waals surface area contributed by atoms with E-state index in [1.54, 1.807) is 13.8 Å². The van der Waals surface area contributed by atoms with Gasteiger partial charge in [-0.3, -0.25) is 4.40 Å². The second kappa shape index (κ2) is 6.88. The molecule has 3 aromatic rings. The zero-order valence-electron chi connectivity index (χ0n) is 14.5. The van der Waals surface area contributed by atoms with Crippen molar-refractivity contribution in [2.24, 2.45) is 0 Å². The number of aromatic nitrogens is 3. The zero-order chi connectivity index (χ0) is 20.7. The van der Waals surface area contributed by atoms with Crippen LogP contribution in [-0.2, 0) is 6.18 Å². The molecule has 0 saturated carbocycles. The maximum Gasteiger partial charge on any atom is 0.573 e. The lowest BCUT2D eigenvalue weighted by Crippen LogP contribution is -2.17. The van der Waals surface area contributed by atoms with Crippen molar-refractivity contribution in [3.8, 4) is 22.6 Å². The minimum absolute atomic E-state index is 0.0257. The Hall–Kier alpha value is -2.98. The molecule has 0 aliphatic heterocycles. The number of benzene rings is 1. The molecule has 150 valence electrons. The van der Waals surface area contributed by atoms with Crippen LogP contribution in [0.1, 0.15) is 19.7 Å². The molecule has 0 bridgehead atoms. The highest BCUT2D eigenvalue weighted by Crippen LogP contribution is 2.37. The molecule has 0 N–H and O–H groups in total. The second-order valence-electron chi connectivity index (χ2n) is 6.04. The van der Waals surface area contributed by atoms with Crippen LogP contribution < -0.4 is 9.47 Å². The monoisotopic (exact) mass is 405 g/mol. The smallest absolute Gasteiger partial charge is 0.490 e. The van der Waals surface area contributed by atoms with E-state index in [2.05, 4.69) is 14.9 Å². The van der Waals surface area contributed by atoms with Crippen LogP contribution in [0, 0.1) is 0 Å². The summed E-state index contributed by atoms with van der Waals surface area (Å²) in [6.45, 7) is 3.32. The number of halogens is 6. The van der Waals surface area contributed by atoms with Crippen molar-refractivity contribution in [2.45, 2.75) is 32.5 Å². The summed E-state index contributed by atoms with van der Waals surface area (Å²) in [5, 5.41) is 6.60. The highest BCUT2D eigenvalue weighted by atomic mass is 19.4. The van der Waals surface area contributed by atoms with Crippen LogP contribution in [0.15, 0.2) is 36.5 Å². The number of ether oxygens (including phenoxy) is 2. The van der Waals surface area contributed by atoms with Crippen molar-refractivity contribution in [1.82, 2.24) is 14.6 Å². The standard InChI is InChI=1S/C17H13F6N3O2/c1-9(2)27-13-7-11(28-17(21,22)23)4-5-12(13)10-3-6-14-24-25-15(16(18,19)20)26(14)8-10/h3-9H,1-2H3. The predicted molar refractivity (Wildman–Crippen MR) is 85.9 cm³/mol. The molecule has 0 spiro atoms. The fraction of sp³-hybridized carbons (Fsp3) is 0.294. The Morgan fingerprint density at radius 1 is 0.964 bits per heavy atom. The highest BCUT2D eigenvalue weighted by molar-refractivity contribution is 5.72. The van der Waals surface area contributed by atoms with Crippen molar-refractivity contribution < 1.29 is 35.8 Å². The molecule has 0 aliphatic carbocycles. The molecule has 0 fully saturated rings. The largest absolute Gasteiger partial charge is 0.573 e. The van der Waals surface area contributed by atoms with Gasteiger partial charge in [0.25, 0.3) is 0 Å². The topological polar surface area (TPSA) is 48.7 Å². The Morgan fingerprint density at radius 3 is 2.29 bits per heavy atom. The first-order chi connectivity index (χ1) is 12.9. The van der Waals surface area contributed by atoms with Crippen LogP contribution in [-0.4, -0.2) is 27.1 Å². The third-order valence-corrected chi connectivity index (χ3v) is 3.52. The van der Waals surface area contributed by atoms with Gasteiger partial charge in [-0.25, -0.2) is 0 Å².